The van der Waals surface area contributed by atoms with Gasteiger partial charge in [0.1, 0.15) is 5.60 Å². The summed E-state index contributed by atoms with van der Waals surface area (Å²) in [6.45, 7) is 7.62. The molecular formula is C14H26N2O3. The Bertz CT molecular complexity index is 334. The number of amides is 1. The number of rotatable bonds is 0. The molecule has 2 N–H and O–H groups in total. The number of ether oxygens (including phenoxy) is 2. The summed E-state index contributed by atoms with van der Waals surface area (Å²) in [6, 6.07) is -0.117. The summed E-state index contributed by atoms with van der Waals surface area (Å²) in [6.07, 6.45) is 3.68. The average molecular weight is 270 g/mol. The van der Waals surface area contributed by atoms with Crippen molar-refractivity contribution in [3.05, 3.63) is 0 Å². The zero-order valence-corrected chi connectivity index (χ0v) is 12.3. The van der Waals surface area contributed by atoms with E-state index >= 15 is 0 Å². The molecule has 2 rings (SSSR count). The molecule has 0 saturated carbocycles. The van der Waals surface area contributed by atoms with E-state index in [0.717, 1.165) is 32.2 Å². The van der Waals surface area contributed by atoms with Gasteiger partial charge in [-0.15, -0.1) is 0 Å². The monoisotopic (exact) mass is 270 g/mol. The molecule has 2 unspecified atom stereocenters. The number of likely N-dealkylation sites (tertiary alicyclic amines) is 1. The molecule has 5 nitrogen and oxygen atoms in total. The first-order valence-corrected chi connectivity index (χ1v) is 7.19. The summed E-state index contributed by atoms with van der Waals surface area (Å²) in [5.41, 5.74) is 5.53. The van der Waals surface area contributed by atoms with E-state index in [2.05, 4.69) is 0 Å². The van der Waals surface area contributed by atoms with Crippen LogP contribution in [-0.2, 0) is 9.47 Å². The number of piperidine rings is 1. The highest BCUT2D eigenvalue weighted by atomic mass is 16.6. The molecule has 2 saturated heterocycles. The first-order chi connectivity index (χ1) is 8.85. The molecule has 0 aromatic carbocycles. The second-order valence-electron chi connectivity index (χ2n) is 6.62. The van der Waals surface area contributed by atoms with E-state index in [0.29, 0.717) is 13.2 Å². The van der Waals surface area contributed by atoms with Crippen molar-refractivity contribution >= 4 is 6.09 Å². The second-order valence-corrected chi connectivity index (χ2v) is 6.62. The Kier molecular flexibility index (Phi) is 4.06. The third-order valence-corrected chi connectivity index (χ3v) is 4.06. The molecule has 2 heterocycles. The van der Waals surface area contributed by atoms with Gasteiger partial charge in [-0.05, 0) is 46.5 Å². The molecule has 5 heteroatoms. The van der Waals surface area contributed by atoms with E-state index in [1.165, 1.54) is 0 Å². The summed E-state index contributed by atoms with van der Waals surface area (Å²) < 4.78 is 11.0. The third kappa shape index (κ3) is 3.03. The Hall–Kier alpha value is -0.810. The highest BCUT2D eigenvalue weighted by Gasteiger charge is 2.48. The van der Waals surface area contributed by atoms with Gasteiger partial charge in [-0.1, -0.05) is 0 Å². The molecule has 2 fully saturated rings. The number of carbonyl (C=O) groups is 1. The van der Waals surface area contributed by atoms with Crippen LogP contribution in [0.3, 0.4) is 0 Å². The summed E-state index contributed by atoms with van der Waals surface area (Å²) in [7, 11) is 0. The summed E-state index contributed by atoms with van der Waals surface area (Å²) >= 11 is 0. The minimum absolute atomic E-state index is 0.117. The van der Waals surface area contributed by atoms with Crippen molar-refractivity contribution in [1.82, 2.24) is 4.90 Å². The molecule has 110 valence electrons. The first kappa shape index (κ1) is 14.6. The maximum atomic E-state index is 12.4. The molecule has 0 aromatic heterocycles. The van der Waals surface area contributed by atoms with E-state index in [9.17, 15) is 4.79 Å². The maximum Gasteiger partial charge on any atom is 0.410 e. The predicted molar refractivity (Wildman–Crippen MR) is 72.9 cm³/mol. The molecule has 0 aliphatic carbocycles. The minimum Gasteiger partial charge on any atom is -0.444 e. The largest absolute Gasteiger partial charge is 0.444 e. The van der Waals surface area contributed by atoms with Gasteiger partial charge < -0.3 is 20.1 Å². The fraction of sp³-hybridized carbons (Fsp3) is 0.929. The molecular weight excluding hydrogens is 244 g/mol. The van der Waals surface area contributed by atoms with Crippen LogP contribution in [0.2, 0.25) is 0 Å². The number of hydrogen-bond donors (Lipinski definition) is 1. The summed E-state index contributed by atoms with van der Waals surface area (Å²) in [5, 5.41) is 0. The molecule has 1 amide bonds. The van der Waals surface area contributed by atoms with Crippen LogP contribution < -0.4 is 5.73 Å². The summed E-state index contributed by atoms with van der Waals surface area (Å²) in [5.74, 6) is 0. The lowest BCUT2D eigenvalue weighted by molar-refractivity contribution is -0.0707. The Balaban J connectivity index is 2.17. The van der Waals surface area contributed by atoms with E-state index in [1.807, 2.05) is 25.7 Å². The Morgan fingerprint density at radius 3 is 2.74 bits per heavy atom. The lowest BCUT2D eigenvalue weighted by atomic mass is 9.77. The van der Waals surface area contributed by atoms with Crippen molar-refractivity contribution in [3.63, 3.8) is 0 Å². The van der Waals surface area contributed by atoms with Crippen LogP contribution in [-0.4, -0.2) is 47.9 Å². The van der Waals surface area contributed by atoms with Crippen LogP contribution >= 0.6 is 0 Å². The lowest BCUT2D eigenvalue weighted by Crippen LogP contribution is -2.67. The molecule has 0 radical (unpaired) electrons. The van der Waals surface area contributed by atoms with Crippen LogP contribution in [0.25, 0.3) is 0 Å². The van der Waals surface area contributed by atoms with Crippen molar-refractivity contribution < 1.29 is 14.3 Å². The van der Waals surface area contributed by atoms with Gasteiger partial charge in [0.2, 0.25) is 0 Å². The van der Waals surface area contributed by atoms with Gasteiger partial charge in [0.05, 0.1) is 18.2 Å². The van der Waals surface area contributed by atoms with Crippen molar-refractivity contribution in [3.8, 4) is 0 Å². The molecule has 0 aromatic rings. The van der Waals surface area contributed by atoms with Crippen LogP contribution in [0.15, 0.2) is 0 Å². The average Bonchev–Trinajstić information content (AvgIpc) is 2.31. The van der Waals surface area contributed by atoms with Crippen LogP contribution in [0.4, 0.5) is 4.79 Å². The molecule has 2 atom stereocenters. The lowest BCUT2D eigenvalue weighted by Gasteiger charge is -2.52. The van der Waals surface area contributed by atoms with Gasteiger partial charge in [-0.3, -0.25) is 0 Å². The molecule has 2 aliphatic heterocycles. The second kappa shape index (κ2) is 5.29. The van der Waals surface area contributed by atoms with E-state index < -0.39 is 5.60 Å². The van der Waals surface area contributed by atoms with Gasteiger partial charge in [-0.25, -0.2) is 4.79 Å². The maximum absolute atomic E-state index is 12.4. The van der Waals surface area contributed by atoms with Crippen LogP contribution in [0, 0.1) is 0 Å². The first-order valence-electron chi connectivity index (χ1n) is 7.19. The van der Waals surface area contributed by atoms with Crippen LogP contribution in [0.1, 0.15) is 46.5 Å². The quantitative estimate of drug-likeness (QED) is 0.730. The fourth-order valence-electron chi connectivity index (χ4n) is 3.09. The third-order valence-electron chi connectivity index (χ3n) is 4.06. The topological polar surface area (TPSA) is 64.8 Å². The summed E-state index contributed by atoms with van der Waals surface area (Å²) in [4.78, 5) is 14.3. The SMILES string of the molecule is CC(C)(C)OC(=O)N1CCCCC12CCOCC2N. The van der Waals surface area contributed by atoms with E-state index in [-0.39, 0.29) is 17.7 Å². The van der Waals surface area contributed by atoms with Crippen molar-refractivity contribution in [1.29, 1.82) is 0 Å². The van der Waals surface area contributed by atoms with Crippen molar-refractivity contribution in [2.75, 3.05) is 19.8 Å². The molecule has 2 aliphatic rings. The minimum atomic E-state index is -0.467. The predicted octanol–water partition coefficient (Wildman–Crippen LogP) is 1.89. The molecule has 0 bridgehead atoms. The van der Waals surface area contributed by atoms with E-state index in [1.54, 1.807) is 0 Å². The van der Waals surface area contributed by atoms with Gasteiger partial charge in [0.15, 0.2) is 0 Å². The Labute approximate surface area is 115 Å². The van der Waals surface area contributed by atoms with Gasteiger partial charge >= 0.3 is 6.09 Å². The zero-order chi connectivity index (χ0) is 14.1. The van der Waals surface area contributed by atoms with Gasteiger partial charge in [-0.2, -0.15) is 0 Å². The van der Waals surface area contributed by atoms with E-state index in [4.69, 9.17) is 15.2 Å². The molecule has 1 spiro atoms. The molecule has 19 heavy (non-hydrogen) atoms. The Morgan fingerprint density at radius 2 is 2.11 bits per heavy atom. The number of nitrogens with two attached hydrogens (primary N) is 1. The number of nitrogens with zero attached hydrogens (tertiary/aromatic N) is 1. The zero-order valence-electron chi connectivity index (χ0n) is 12.3. The highest BCUT2D eigenvalue weighted by Crippen LogP contribution is 2.37. The number of carbonyl (C=O) groups excluding carboxylic acids is 1. The van der Waals surface area contributed by atoms with Crippen molar-refractivity contribution in [2.24, 2.45) is 5.73 Å². The number of hydrogen-bond acceptors (Lipinski definition) is 4. The standard InChI is InChI=1S/C14H26N2O3/c1-13(2,3)19-12(17)16-8-5-4-6-14(16)7-9-18-10-11(14)15/h11H,4-10,15H2,1-3H3. The Morgan fingerprint density at radius 1 is 1.37 bits per heavy atom. The van der Waals surface area contributed by atoms with Gasteiger partial charge in [0, 0.05) is 13.2 Å². The van der Waals surface area contributed by atoms with Crippen molar-refractivity contribution in [2.45, 2.75) is 63.6 Å². The van der Waals surface area contributed by atoms with Gasteiger partial charge in [0.25, 0.3) is 0 Å². The smallest absolute Gasteiger partial charge is 0.410 e. The normalized spacial score (nSPS) is 32.4. The van der Waals surface area contributed by atoms with Crippen LogP contribution in [0.5, 0.6) is 0 Å². The highest BCUT2D eigenvalue weighted by molar-refractivity contribution is 5.69. The fourth-order valence-corrected chi connectivity index (χ4v) is 3.09.